The third kappa shape index (κ3) is 2.20. The molecule has 2 N–H and O–H groups in total. The first-order chi connectivity index (χ1) is 9.63. The number of aryl methyl sites for hydroxylation is 1. The van der Waals surface area contributed by atoms with Crippen LogP contribution in [0.3, 0.4) is 0 Å². The molecular weight excluding hydrogens is 260 g/mol. The third-order valence-corrected chi connectivity index (χ3v) is 2.87. The van der Waals surface area contributed by atoms with Crippen molar-refractivity contribution in [2.24, 2.45) is 7.05 Å². The number of hydrogen-bond acceptors (Lipinski definition) is 5. The van der Waals surface area contributed by atoms with E-state index in [1.54, 1.807) is 30.1 Å². The minimum Gasteiger partial charge on any atom is -0.479 e. The van der Waals surface area contributed by atoms with Gasteiger partial charge in [-0.3, -0.25) is 4.68 Å². The molecule has 1 unspecified atom stereocenters. The Morgan fingerprint density at radius 3 is 2.90 bits per heavy atom. The molecule has 0 bridgehead atoms. The molecule has 0 saturated heterocycles. The van der Waals surface area contributed by atoms with Crippen LogP contribution in [0, 0.1) is 0 Å². The van der Waals surface area contributed by atoms with Crippen LogP contribution in [0.4, 0.5) is 6.01 Å². The molecule has 3 aromatic rings. The van der Waals surface area contributed by atoms with Crippen molar-refractivity contribution in [2.45, 2.75) is 6.04 Å². The van der Waals surface area contributed by atoms with E-state index in [-0.39, 0.29) is 6.01 Å². The maximum Gasteiger partial charge on any atom is 0.331 e. The van der Waals surface area contributed by atoms with Gasteiger partial charge in [0.25, 0.3) is 6.01 Å². The lowest BCUT2D eigenvalue weighted by molar-refractivity contribution is -0.138. The molecule has 0 spiro atoms. The fourth-order valence-corrected chi connectivity index (χ4v) is 1.93. The number of carboxylic acid groups (broad SMARTS) is 1. The number of oxazole rings is 1. The largest absolute Gasteiger partial charge is 0.479 e. The van der Waals surface area contributed by atoms with Crippen LogP contribution in [0.1, 0.15) is 11.6 Å². The van der Waals surface area contributed by atoms with E-state index in [0.717, 1.165) is 0 Å². The van der Waals surface area contributed by atoms with Crippen LogP contribution >= 0.6 is 0 Å². The summed E-state index contributed by atoms with van der Waals surface area (Å²) in [6.45, 7) is 0. The Hall–Kier alpha value is -2.83. The van der Waals surface area contributed by atoms with E-state index >= 15 is 0 Å². The quantitative estimate of drug-likeness (QED) is 0.752. The lowest BCUT2D eigenvalue weighted by Crippen LogP contribution is -2.20. The number of rotatable bonds is 4. The topological polar surface area (TPSA) is 93.2 Å². The van der Waals surface area contributed by atoms with Crippen molar-refractivity contribution in [3.63, 3.8) is 0 Å². The zero-order chi connectivity index (χ0) is 14.1. The molecule has 20 heavy (non-hydrogen) atoms. The summed E-state index contributed by atoms with van der Waals surface area (Å²) < 4.78 is 7.00. The highest BCUT2D eigenvalue weighted by molar-refractivity contribution is 5.79. The van der Waals surface area contributed by atoms with E-state index in [1.165, 1.54) is 6.20 Å². The van der Waals surface area contributed by atoms with Crippen LogP contribution in [0.25, 0.3) is 11.1 Å². The van der Waals surface area contributed by atoms with E-state index < -0.39 is 12.0 Å². The van der Waals surface area contributed by atoms with Gasteiger partial charge in [-0.25, -0.2) is 4.79 Å². The lowest BCUT2D eigenvalue weighted by atomic mass is 10.2. The van der Waals surface area contributed by atoms with Gasteiger partial charge in [-0.05, 0) is 12.1 Å². The van der Waals surface area contributed by atoms with Gasteiger partial charge >= 0.3 is 5.97 Å². The second kappa shape index (κ2) is 4.69. The molecule has 0 amide bonds. The number of carbonyl (C=O) groups is 1. The first-order valence-electron chi connectivity index (χ1n) is 5.97. The van der Waals surface area contributed by atoms with Gasteiger partial charge in [-0.15, -0.1) is 0 Å². The highest BCUT2D eigenvalue weighted by Crippen LogP contribution is 2.23. The van der Waals surface area contributed by atoms with Crippen molar-refractivity contribution < 1.29 is 14.3 Å². The van der Waals surface area contributed by atoms with E-state index in [2.05, 4.69) is 15.4 Å². The first kappa shape index (κ1) is 12.2. The van der Waals surface area contributed by atoms with Crippen molar-refractivity contribution >= 4 is 23.1 Å². The predicted octanol–water partition coefficient (Wildman–Crippen LogP) is 1.80. The van der Waals surface area contributed by atoms with E-state index in [4.69, 9.17) is 4.42 Å². The van der Waals surface area contributed by atoms with Gasteiger partial charge < -0.3 is 14.8 Å². The Kier molecular flexibility index (Phi) is 2.86. The number of anilines is 1. The number of hydrogen-bond donors (Lipinski definition) is 2. The molecule has 7 nitrogen and oxygen atoms in total. The number of para-hydroxylation sites is 2. The van der Waals surface area contributed by atoms with Gasteiger partial charge in [-0.2, -0.15) is 10.1 Å². The molecule has 0 aliphatic carbocycles. The smallest absolute Gasteiger partial charge is 0.331 e. The number of nitrogens with one attached hydrogen (secondary N) is 1. The normalized spacial score (nSPS) is 12.4. The molecule has 1 aromatic carbocycles. The number of aromatic nitrogens is 3. The standard InChI is InChI=1S/C13H12N4O3/c1-17-7-8(6-14-17)11(12(18)19)16-13-15-9-4-2-3-5-10(9)20-13/h2-7,11H,1H3,(H,15,16)(H,18,19). The van der Waals surface area contributed by atoms with Crippen LogP contribution in [0.15, 0.2) is 41.1 Å². The molecule has 0 saturated carbocycles. The average molecular weight is 272 g/mol. The van der Waals surface area contributed by atoms with Crippen LogP contribution in [0.5, 0.6) is 0 Å². The first-order valence-corrected chi connectivity index (χ1v) is 5.97. The molecule has 3 rings (SSSR count). The Balaban J connectivity index is 1.91. The minimum absolute atomic E-state index is 0.169. The van der Waals surface area contributed by atoms with Gasteiger partial charge in [-0.1, -0.05) is 12.1 Å². The van der Waals surface area contributed by atoms with E-state index in [1.807, 2.05) is 12.1 Å². The summed E-state index contributed by atoms with van der Waals surface area (Å²) in [5, 5.41) is 16.0. The fraction of sp³-hybridized carbons (Fsp3) is 0.154. The van der Waals surface area contributed by atoms with Gasteiger partial charge in [0.2, 0.25) is 0 Å². The molecule has 2 aromatic heterocycles. The number of benzene rings is 1. The Labute approximate surface area is 113 Å². The molecule has 0 aliphatic heterocycles. The van der Waals surface area contributed by atoms with Crippen molar-refractivity contribution in [3.05, 3.63) is 42.2 Å². The SMILES string of the molecule is Cn1cc(C(Nc2nc3ccccc3o2)C(=O)O)cn1. The fourth-order valence-electron chi connectivity index (χ4n) is 1.93. The number of nitrogens with zero attached hydrogens (tertiary/aromatic N) is 3. The van der Waals surface area contributed by atoms with Crippen LogP contribution in [0.2, 0.25) is 0 Å². The van der Waals surface area contributed by atoms with Gasteiger partial charge in [0.05, 0.1) is 6.20 Å². The third-order valence-electron chi connectivity index (χ3n) is 2.87. The highest BCUT2D eigenvalue weighted by atomic mass is 16.4. The van der Waals surface area contributed by atoms with Crippen molar-refractivity contribution in [3.8, 4) is 0 Å². The molecule has 1 atom stereocenters. The molecule has 102 valence electrons. The zero-order valence-corrected chi connectivity index (χ0v) is 10.6. The van der Waals surface area contributed by atoms with Crippen LogP contribution in [-0.4, -0.2) is 25.8 Å². The summed E-state index contributed by atoms with van der Waals surface area (Å²) in [4.78, 5) is 15.6. The molecular formula is C13H12N4O3. The van der Waals surface area contributed by atoms with Gasteiger partial charge in [0.15, 0.2) is 11.6 Å². The summed E-state index contributed by atoms with van der Waals surface area (Å²) in [6.07, 6.45) is 3.13. The molecule has 0 fully saturated rings. The maximum atomic E-state index is 11.4. The second-order valence-electron chi connectivity index (χ2n) is 4.35. The Morgan fingerprint density at radius 1 is 1.45 bits per heavy atom. The van der Waals surface area contributed by atoms with E-state index in [9.17, 15) is 9.90 Å². The van der Waals surface area contributed by atoms with Crippen LogP contribution in [-0.2, 0) is 11.8 Å². The second-order valence-corrected chi connectivity index (χ2v) is 4.35. The number of aliphatic carboxylic acids is 1. The zero-order valence-electron chi connectivity index (χ0n) is 10.6. The number of fused-ring (bicyclic) bond motifs is 1. The summed E-state index contributed by atoms with van der Waals surface area (Å²) >= 11 is 0. The van der Waals surface area contributed by atoms with Gasteiger partial charge in [0, 0.05) is 18.8 Å². The summed E-state index contributed by atoms with van der Waals surface area (Å²) in [7, 11) is 1.72. The Bertz CT molecular complexity index is 729. The summed E-state index contributed by atoms with van der Waals surface area (Å²) in [5.41, 5.74) is 1.80. The molecule has 7 heteroatoms. The molecule has 2 heterocycles. The van der Waals surface area contributed by atoms with E-state index in [0.29, 0.717) is 16.7 Å². The summed E-state index contributed by atoms with van der Waals surface area (Å²) in [5.74, 6) is -1.03. The predicted molar refractivity (Wildman–Crippen MR) is 71.2 cm³/mol. The van der Waals surface area contributed by atoms with Crippen molar-refractivity contribution in [2.75, 3.05) is 5.32 Å². The minimum atomic E-state index is -1.03. The lowest BCUT2D eigenvalue weighted by Gasteiger charge is -2.10. The Morgan fingerprint density at radius 2 is 2.25 bits per heavy atom. The summed E-state index contributed by atoms with van der Waals surface area (Å²) in [6, 6.07) is 6.44. The molecule has 0 aliphatic rings. The van der Waals surface area contributed by atoms with Crippen molar-refractivity contribution in [1.29, 1.82) is 0 Å². The van der Waals surface area contributed by atoms with Crippen LogP contribution < -0.4 is 5.32 Å². The monoisotopic (exact) mass is 272 g/mol. The van der Waals surface area contributed by atoms with Gasteiger partial charge in [0.1, 0.15) is 5.52 Å². The molecule has 0 radical (unpaired) electrons. The highest BCUT2D eigenvalue weighted by Gasteiger charge is 2.23. The maximum absolute atomic E-state index is 11.4. The van der Waals surface area contributed by atoms with Crippen molar-refractivity contribution in [1.82, 2.24) is 14.8 Å². The number of carboxylic acids is 1. The average Bonchev–Trinajstić information content (AvgIpc) is 3.01.